The number of amides is 1. The second kappa shape index (κ2) is 6.74. The number of sulfone groups is 1. The zero-order chi connectivity index (χ0) is 16.3. The fourth-order valence-electron chi connectivity index (χ4n) is 2.45. The molecule has 1 amide bonds. The maximum absolute atomic E-state index is 12.0. The van der Waals surface area contributed by atoms with Gasteiger partial charge in [-0.25, -0.2) is 13.2 Å². The topological polar surface area (TPSA) is 127 Å². The normalized spacial score (nSPS) is 27.9. The highest BCUT2D eigenvalue weighted by Crippen LogP contribution is 2.32. The first kappa shape index (κ1) is 17.9. The lowest BCUT2D eigenvalue weighted by Crippen LogP contribution is -2.59. The Kier molecular flexibility index (Phi) is 5.75. The molecule has 0 saturated heterocycles. The molecule has 0 aromatic rings. The number of hydrogen-bond acceptors (Lipinski definition) is 5. The summed E-state index contributed by atoms with van der Waals surface area (Å²) in [5.41, 5.74) is 4.39. The Hall–Kier alpha value is -1.15. The maximum Gasteiger partial charge on any atom is 0.329 e. The molecule has 1 saturated carbocycles. The highest BCUT2D eigenvalue weighted by molar-refractivity contribution is 7.90. The van der Waals surface area contributed by atoms with Crippen molar-refractivity contribution in [1.29, 1.82) is 0 Å². The third-order valence-corrected chi connectivity index (χ3v) is 5.01. The van der Waals surface area contributed by atoms with Crippen molar-refractivity contribution in [2.24, 2.45) is 11.7 Å². The third kappa shape index (κ3) is 5.28. The second-order valence-corrected chi connectivity index (χ2v) is 8.34. The van der Waals surface area contributed by atoms with Crippen molar-refractivity contribution < 1.29 is 23.1 Å². The number of hydrogen-bond donors (Lipinski definition) is 3. The molecule has 4 N–H and O–H groups in total. The van der Waals surface area contributed by atoms with Gasteiger partial charge >= 0.3 is 5.97 Å². The Labute approximate surface area is 125 Å². The molecule has 0 aromatic heterocycles. The predicted molar refractivity (Wildman–Crippen MR) is 78.4 cm³/mol. The van der Waals surface area contributed by atoms with E-state index < -0.39 is 33.3 Å². The van der Waals surface area contributed by atoms with Crippen molar-refractivity contribution in [3.63, 3.8) is 0 Å². The number of nitrogens with one attached hydrogen (secondary N) is 1. The maximum atomic E-state index is 12.0. The number of rotatable bonds is 6. The van der Waals surface area contributed by atoms with Gasteiger partial charge in [0.05, 0.1) is 11.8 Å². The molecule has 0 radical (unpaired) electrons. The van der Waals surface area contributed by atoms with Crippen LogP contribution in [-0.4, -0.2) is 49.0 Å². The Morgan fingerprint density at radius 2 is 1.90 bits per heavy atom. The first-order valence-electron chi connectivity index (χ1n) is 7.04. The van der Waals surface area contributed by atoms with Gasteiger partial charge in [0.25, 0.3) is 0 Å². The van der Waals surface area contributed by atoms with Gasteiger partial charge in [-0.05, 0) is 38.0 Å². The number of aliphatic carboxylic acids is 1. The molecule has 122 valence electrons. The highest BCUT2D eigenvalue weighted by atomic mass is 32.2. The molecular formula is C13H24N2O5S. The zero-order valence-electron chi connectivity index (χ0n) is 12.5. The fraction of sp³-hybridized carbons (Fsp3) is 0.846. The number of nitrogens with two attached hydrogens (primary N) is 1. The standard InChI is InChI=1S/C13H24N2O5S/c1-9-3-6-13(7-4-9,12(17)18)15-11(16)10(14)5-8-21(2,19)20/h9-10H,3-8,14H2,1-2H3,(H,15,16)(H,17,18). The van der Waals surface area contributed by atoms with Crippen LogP contribution in [0.5, 0.6) is 0 Å². The third-order valence-electron chi connectivity index (χ3n) is 4.04. The Morgan fingerprint density at radius 3 is 2.33 bits per heavy atom. The molecule has 0 heterocycles. The van der Waals surface area contributed by atoms with Crippen molar-refractivity contribution in [2.45, 2.75) is 50.6 Å². The van der Waals surface area contributed by atoms with E-state index in [2.05, 4.69) is 5.32 Å². The lowest BCUT2D eigenvalue weighted by Gasteiger charge is -2.37. The van der Waals surface area contributed by atoms with Gasteiger partial charge in [-0.3, -0.25) is 4.79 Å². The molecule has 0 aromatic carbocycles. The molecule has 1 aliphatic carbocycles. The van der Waals surface area contributed by atoms with Gasteiger partial charge in [-0.1, -0.05) is 6.92 Å². The summed E-state index contributed by atoms with van der Waals surface area (Å²) in [5.74, 6) is -1.42. The minimum absolute atomic E-state index is 0.0171. The van der Waals surface area contributed by atoms with Gasteiger partial charge in [-0.15, -0.1) is 0 Å². The van der Waals surface area contributed by atoms with E-state index in [0.717, 1.165) is 19.1 Å². The second-order valence-electron chi connectivity index (χ2n) is 6.08. The van der Waals surface area contributed by atoms with Crippen LogP contribution in [0.25, 0.3) is 0 Å². The summed E-state index contributed by atoms with van der Waals surface area (Å²) in [6.45, 7) is 2.05. The molecule has 1 atom stereocenters. The average molecular weight is 320 g/mol. The quantitative estimate of drug-likeness (QED) is 0.627. The Morgan fingerprint density at radius 1 is 1.38 bits per heavy atom. The van der Waals surface area contributed by atoms with Gasteiger partial charge in [0.15, 0.2) is 0 Å². The molecule has 1 rings (SSSR count). The lowest BCUT2D eigenvalue weighted by molar-refractivity contribution is -0.149. The summed E-state index contributed by atoms with van der Waals surface area (Å²) >= 11 is 0. The number of carbonyl (C=O) groups excluding carboxylic acids is 1. The lowest BCUT2D eigenvalue weighted by atomic mass is 9.77. The molecule has 21 heavy (non-hydrogen) atoms. The molecule has 0 bridgehead atoms. The van der Waals surface area contributed by atoms with Gasteiger partial charge in [0.2, 0.25) is 5.91 Å². The van der Waals surface area contributed by atoms with E-state index in [9.17, 15) is 23.1 Å². The van der Waals surface area contributed by atoms with Crippen LogP contribution in [0.3, 0.4) is 0 Å². The zero-order valence-corrected chi connectivity index (χ0v) is 13.3. The van der Waals surface area contributed by atoms with Crippen molar-refractivity contribution in [2.75, 3.05) is 12.0 Å². The van der Waals surface area contributed by atoms with Crippen molar-refractivity contribution in [3.05, 3.63) is 0 Å². The number of carbonyl (C=O) groups is 2. The molecule has 0 spiro atoms. The summed E-state index contributed by atoms with van der Waals surface area (Å²) in [7, 11) is -3.20. The van der Waals surface area contributed by atoms with Crippen LogP contribution in [-0.2, 0) is 19.4 Å². The molecule has 1 aliphatic rings. The van der Waals surface area contributed by atoms with Crippen LogP contribution in [0.4, 0.5) is 0 Å². The first-order chi connectivity index (χ1) is 9.56. The van der Waals surface area contributed by atoms with Crippen LogP contribution in [0.2, 0.25) is 0 Å². The van der Waals surface area contributed by atoms with E-state index in [1.165, 1.54) is 0 Å². The highest BCUT2D eigenvalue weighted by Gasteiger charge is 2.43. The fourth-order valence-corrected chi connectivity index (χ4v) is 3.13. The first-order valence-corrected chi connectivity index (χ1v) is 9.10. The van der Waals surface area contributed by atoms with Crippen molar-refractivity contribution >= 4 is 21.7 Å². The SMILES string of the molecule is CC1CCC(NC(=O)C(N)CCS(C)(=O)=O)(C(=O)O)CC1. The summed E-state index contributed by atoms with van der Waals surface area (Å²) < 4.78 is 22.1. The van der Waals surface area contributed by atoms with Crippen LogP contribution in [0, 0.1) is 5.92 Å². The van der Waals surface area contributed by atoms with E-state index in [-0.39, 0.29) is 12.2 Å². The van der Waals surface area contributed by atoms with Crippen LogP contribution < -0.4 is 11.1 Å². The van der Waals surface area contributed by atoms with Crippen molar-refractivity contribution in [3.8, 4) is 0 Å². The Bertz CT molecular complexity index is 495. The van der Waals surface area contributed by atoms with Gasteiger partial charge in [-0.2, -0.15) is 0 Å². The van der Waals surface area contributed by atoms with E-state index >= 15 is 0 Å². The molecular weight excluding hydrogens is 296 g/mol. The number of carboxylic acids is 1. The monoisotopic (exact) mass is 320 g/mol. The molecule has 1 fully saturated rings. The summed E-state index contributed by atoms with van der Waals surface area (Å²) in [6, 6.07) is -1.02. The summed E-state index contributed by atoms with van der Waals surface area (Å²) in [5, 5.41) is 11.9. The van der Waals surface area contributed by atoms with E-state index in [4.69, 9.17) is 5.73 Å². The van der Waals surface area contributed by atoms with Crippen LogP contribution in [0.15, 0.2) is 0 Å². The molecule has 7 nitrogen and oxygen atoms in total. The molecule has 0 aliphatic heterocycles. The Balaban J connectivity index is 2.67. The van der Waals surface area contributed by atoms with Crippen LogP contribution >= 0.6 is 0 Å². The summed E-state index contributed by atoms with van der Waals surface area (Å²) in [4.78, 5) is 23.5. The van der Waals surface area contributed by atoms with Gasteiger partial charge in [0, 0.05) is 6.26 Å². The van der Waals surface area contributed by atoms with E-state index in [0.29, 0.717) is 18.8 Å². The van der Waals surface area contributed by atoms with Crippen molar-refractivity contribution in [1.82, 2.24) is 5.32 Å². The average Bonchev–Trinajstić information content (AvgIpc) is 2.37. The molecule has 8 heteroatoms. The smallest absolute Gasteiger partial charge is 0.329 e. The summed E-state index contributed by atoms with van der Waals surface area (Å²) in [6.07, 6.45) is 3.24. The van der Waals surface area contributed by atoms with E-state index in [1.807, 2.05) is 6.92 Å². The molecule has 1 unspecified atom stereocenters. The number of carboxylic acid groups (broad SMARTS) is 1. The minimum atomic E-state index is -3.20. The van der Waals surface area contributed by atoms with Gasteiger partial charge in [0.1, 0.15) is 15.4 Å². The predicted octanol–water partition coefficient (Wildman–Crippen LogP) is -0.102. The van der Waals surface area contributed by atoms with Crippen LogP contribution in [0.1, 0.15) is 39.0 Å². The van der Waals surface area contributed by atoms with E-state index in [1.54, 1.807) is 0 Å². The van der Waals surface area contributed by atoms with Gasteiger partial charge < -0.3 is 16.2 Å². The largest absolute Gasteiger partial charge is 0.480 e. The minimum Gasteiger partial charge on any atom is -0.480 e.